The van der Waals surface area contributed by atoms with Crippen molar-refractivity contribution in [2.75, 3.05) is 34.6 Å². The lowest BCUT2D eigenvalue weighted by molar-refractivity contribution is 0.00875. The van der Waals surface area contributed by atoms with Gasteiger partial charge in [0.05, 0.1) is 25.3 Å². The third-order valence-electron chi connectivity index (χ3n) is 5.85. The maximum Gasteiger partial charge on any atom is 0.343 e. The van der Waals surface area contributed by atoms with Crippen molar-refractivity contribution in [1.82, 2.24) is 4.90 Å². The molecule has 0 aromatic heterocycles. The predicted octanol–water partition coefficient (Wildman–Crippen LogP) is 3.53. The van der Waals surface area contributed by atoms with Gasteiger partial charge in [0.25, 0.3) is 0 Å². The van der Waals surface area contributed by atoms with Gasteiger partial charge in [0.15, 0.2) is 11.5 Å². The molecule has 7 nitrogen and oxygen atoms in total. The summed E-state index contributed by atoms with van der Waals surface area (Å²) in [5, 5.41) is 0.529. The first kappa shape index (κ1) is 18.4. The van der Waals surface area contributed by atoms with E-state index in [0.717, 1.165) is 29.7 Å². The first-order valence-electron chi connectivity index (χ1n) is 9.32. The van der Waals surface area contributed by atoms with E-state index in [4.69, 9.17) is 35.3 Å². The number of fused-ring (bicyclic) bond motifs is 3. The Morgan fingerprint density at radius 3 is 2.72 bits per heavy atom. The summed E-state index contributed by atoms with van der Waals surface area (Å²) >= 11 is 6.69. The van der Waals surface area contributed by atoms with Crippen molar-refractivity contribution in [3.8, 4) is 23.0 Å². The SMILES string of the molecule is COc1cccc2c1C(=O)OC2C1c2c(c(Cl)c3c(c2OC)OCO3)CCN1C. The normalized spacial score (nSPS) is 22.1. The van der Waals surface area contributed by atoms with Gasteiger partial charge in [0.1, 0.15) is 17.4 Å². The van der Waals surface area contributed by atoms with Crippen molar-refractivity contribution >= 4 is 17.6 Å². The molecule has 2 aromatic carbocycles. The van der Waals surface area contributed by atoms with Crippen LogP contribution in [0.1, 0.15) is 39.2 Å². The molecule has 2 unspecified atom stereocenters. The average molecular weight is 418 g/mol. The molecule has 29 heavy (non-hydrogen) atoms. The average Bonchev–Trinajstić information content (AvgIpc) is 3.34. The highest BCUT2D eigenvalue weighted by Gasteiger charge is 2.46. The van der Waals surface area contributed by atoms with Crippen molar-refractivity contribution in [2.45, 2.75) is 18.6 Å². The van der Waals surface area contributed by atoms with Crippen LogP contribution in [0.3, 0.4) is 0 Å². The molecule has 0 aliphatic carbocycles. The molecule has 3 heterocycles. The Morgan fingerprint density at radius 1 is 1.17 bits per heavy atom. The maximum absolute atomic E-state index is 12.7. The van der Waals surface area contributed by atoms with E-state index in [-0.39, 0.29) is 12.8 Å². The van der Waals surface area contributed by atoms with Gasteiger partial charge in [-0.3, -0.25) is 4.90 Å². The lowest BCUT2D eigenvalue weighted by Crippen LogP contribution is -2.36. The number of halogens is 1. The molecule has 0 amide bonds. The number of carbonyl (C=O) groups excluding carboxylic acids is 1. The van der Waals surface area contributed by atoms with Crippen LogP contribution in [0.15, 0.2) is 18.2 Å². The second-order valence-electron chi connectivity index (χ2n) is 7.23. The number of rotatable bonds is 3. The summed E-state index contributed by atoms with van der Waals surface area (Å²) in [5.41, 5.74) is 3.05. The summed E-state index contributed by atoms with van der Waals surface area (Å²) in [6, 6.07) is 5.23. The first-order valence-corrected chi connectivity index (χ1v) is 9.70. The lowest BCUT2D eigenvalue weighted by atomic mass is 9.85. The number of hydrogen-bond acceptors (Lipinski definition) is 7. The van der Waals surface area contributed by atoms with E-state index in [1.807, 2.05) is 19.2 Å². The van der Waals surface area contributed by atoms with Crippen LogP contribution in [0.25, 0.3) is 0 Å². The van der Waals surface area contributed by atoms with Gasteiger partial charge in [-0.25, -0.2) is 4.79 Å². The second kappa shape index (κ2) is 6.71. The van der Waals surface area contributed by atoms with E-state index in [1.54, 1.807) is 20.3 Å². The number of methoxy groups -OCH3 is 2. The Balaban J connectivity index is 1.72. The monoisotopic (exact) mass is 417 g/mol. The molecule has 5 rings (SSSR count). The molecule has 0 spiro atoms. The van der Waals surface area contributed by atoms with Crippen LogP contribution in [-0.2, 0) is 11.2 Å². The largest absolute Gasteiger partial charge is 0.496 e. The molecule has 2 atom stereocenters. The number of nitrogens with zero attached hydrogens (tertiary/aromatic N) is 1. The third kappa shape index (κ3) is 2.50. The summed E-state index contributed by atoms with van der Waals surface area (Å²) in [4.78, 5) is 14.9. The molecule has 3 aliphatic rings. The van der Waals surface area contributed by atoms with Crippen LogP contribution in [0.4, 0.5) is 0 Å². The first-order chi connectivity index (χ1) is 14.1. The van der Waals surface area contributed by atoms with E-state index < -0.39 is 12.1 Å². The molecule has 2 aromatic rings. The van der Waals surface area contributed by atoms with Crippen LogP contribution in [0.2, 0.25) is 5.02 Å². The summed E-state index contributed by atoms with van der Waals surface area (Å²) in [5.74, 6) is 1.68. The zero-order valence-corrected chi connectivity index (χ0v) is 17.0. The standard InChI is InChI=1S/C21H20ClNO6/c1-23-8-7-10-14(18(26-3)20-19(15(10)22)27-9-28-20)16(23)17-11-5-4-6-12(25-2)13(11)21(24)29-17/h4-6,16-17H,7-9H2,1-3H3. The van der Waals surface area contributed by atoms with Gasteiger partial charge in [-0.2, -0.15) is 0 Å². The van der Waals surface area contributed by atoms with Gasteiger partial charge in [-0.05, 0) is 25.1 Å². The molecule has 0 radical (unpaired) electrons. The molecule has 0 fully saturated rings. The van der Waals surface area contributed by atoms with Gasteiger partial charge in [0.2, 0.25) is 12.5 Å². The number of esters is 1. The molecule has 0 saturated heterocycles. The van der Waals surface area contributed by atoms with E-state index in [1.165, 1.54) is 0 Å². The fourth-order valence-corrected chi connectivity index (χ4v) is 4.90. The number of ether oxygens (including phenoxy) is 5. The fourth-order valence-electron chi connectivity index (χ4n) is 4.56. The zero-order valence-electron chi connectivity index (χ0n) is 16.3. The minimum absolute atomic E-state index is 0.0905. The van der Waals surface area contributed by atoms with Crippen LogP contribution < -0.4 is 18.9 Å². The second-order valence-corrected chi connectivity index (χ2v) is 7.61. The molecule has 0 bridgehead atoms. The number of benzene rings is 2. The molecule has 8 heteroatoms. The van der Waals surface area contributed by atoms with E-state index in [9.17, 15) is 4.79 Å². The van der Waals surface area contributed by atoms with Crippen LogP contribution in [0, 0.1) is 0 Å². The highest BCUT2D eigenvalue weighted by atomic mass is 35.5. The highest BCUT2D eigenvalue weighted by molar-refractivity contribution is 6.33. The van der Waals surface area contributed by atoms with Gasteiger partial charge >= 0.3 is 5.97 Å². The Morgan fingerprint density at radius 2 is 1.97 bits per heavy atom. The van der Waals surface area contributed by atoms with Crippen LogP contribution in [0.5, 0.6) is 23.0 Å². The number of cyclic esters (lactones) is 1. The summed E-state index contributed by atoms with van der Waals surface area (Å²) in [7, 11) is 5.13. The quantitative estimate of drug-likeness (QED) is 0.708. The molecule has 152 valence electrons. The van der Waals surface area contributed by atoms with E-state index in [2.05, 4.69) is 4.90 Å². The van der Waals surface area contributed by atoms with Crippen molar-refractivity contribution < 1.29 is 28.5 Å². The fraction of sp³-hybridized carbons (Fsp3) is 0.381. The Kier molecular flexibility index (Phi) is 4.26. The van der Waals surface area contributed by atoms with Gasteiger partial charge in [0, 0.05) is 17.7 Å². The molecule has 0 N–H and O–H groups in total. The third-order valence-corrected chi connectivity index (χ3v) is 6.25. The maximum atomic E-state index is 12.7. The van der Waals surface area contributed by atoms with Gasteiger partial charge in [-0.1, -0.05) is 23.7 Å². The zero-order chi connectivity index (χ0) is 20.3. The van der Waals surface area contributed by atoms with E-state index in [0.29, 0.717) is 33.6 Å². The summed E-state index contributed by atoms with van der Waals surface area (Å²) in [6.45, 7) is 0.834. The molecular weight excluding hydrogens is 398 g/mol. The molecule has 3 aliphatic heterocycles. The highest BCUT2D eigenvalue weighted by Crippen LogP contribution is 2.57. The number of carbonyl (C=O) groups is 1. The van der Waals surface area contributed by atoms with Crippen molar-refractivity contribution in [2.24, 2.45) is 0 Å². The number of likely N-dealkylation sites (N-methyl/N-ethyl adjacent to an activating group) is 1. The molecular formula is C21H20ClNO6. The van der Waals surface area contributed by atoms with E-state index >= 15 is 0 Å². The van der Waals surface area contributed by atoms with Crippen molar-refractivity contribution in [1.29, 1.82) is 0 Å². The van der Waals surface area contributed by atoms with Crippen LogP contribution in [-0.4, -0.2) is 45.5 Å². The van der Waals surface area contributed by atoms with Gasteiger partial charge < -0.3 is 23.7 Å². The minimum Gasteiger partial charge on any atom is -0.496 e. The Bertz CT molecular complexity index is 1020. The van der Waals surface area contributed by atoms with Gasteiger partial charge in [-0.15, -0.1) is 0 Å². The number of hydrogen-bond donors (Lipinski definition) is 0. The smallest absolute Gasteiger partial charge is 0.343 e. The topological polar surface area (TPSA) is 66.5 Å². The Labute approximate surface area is 173 Å². The summed E-state index contributed by atoms with van der Waals surface area (Å²) < 4.78 is 28.3. The van der Waals surface area contributed by atoms with Crippen molar-refractivity contribution in [3.05, 3.63) is 45.5 Å². The molecule has 0 saturated carbocycles. The summed E-state index contributed by atoms with van der Waals surface area (Å²) in [6.07, 6.45) is 0.196. The minimum atomic E-state index is -0.526. The predicted molar refractivity (Wildman–Crippen MR) is 104 cm³/mol. The van der Waals surface area contributed by atoms with Crippen molar-refractivity contribution in [3.63, 3.8) is 0 Å². The lowest BCUT2D eigenvalue weighted by Gasteiger charge is -2.38. The van der Waals surface area contributed by atoms with Crippen LogP contribution >= 0.6 is 11.6 Å². The Hall–Kier alpha value is -2.64.